The Bertz CT molecular complexity index is 473. The van der Waals surface area contributed by atoms with E-state index >= 15 is 0 Å². The molecule has 1 N–H and O–H groups in total. The van der Waals surface area contributed by atoms with Crippen LogP contribution in [0.2, 0.25) is 0 Å². The van der Waals surface area contributed by atoms with Gasteiger partial charge in [0.15, 0.2) is 0 Å². The van der Waals surface area contributed by atoms with E-state index in [9.17, 15) is 0 Å². The van der Waals surface area contributed by atoms with Crippen molar-refractivity contribution >= 4 is 17.6 Å². The molecule has 0 amide bonds. The molecular weight excluding hydrogens is 242 g/mol. The van der Waals surface area contributed by atoms with Crippen molar-refractivity contribution in [1.29, 1.82) is 0 Å². The Morgan fingerprint density at radius 1 is 1.17 bits per heavy atom. The Hall–Kier alpha value is -1.55. The highest BCUT2D eigenvalue weighted by Gasteiger charge is 1.97. The Kier molecular flexibility index (Phi) is 5.02. The van der Waals surface area contributed by atoms with Crippen molar-refractivity contribution in [2.75, 3.05) is 18.1 Å². The smallest absolute Gasteiger partial charge is 0.130 e. The highest BCUT2D eigenvalue weighted by Crippen LogP contribution is 2.13. The molecule has 0 atom stereocenters. The average molecular weight is 259 g/mol. The second-order valence-electron chi connectivity index (χ2n) is 3.96. The predicted octanol–water partition coefficient (Wildman–Crippen LogP) is 3.24. The fourth-order valence-electron chi connectivity index (χ4n) is 1.70. The number of nitrogens with one attached hydrogen (secondary N) is 1. The van der Waals surface area contributed by atoms with Crippen LogP contribution in [0.15, 0.2) is 47.8 Å². The molecule has 0 saturated carbocycles. The zero-order valence-electron chi connectivity index (χ0n) is 10.5. The molecule has 2 aromatic rings. The third-order valence-corrected chi connectivity index (χ3v) is 3.28. The molecule has 18 heavy (non-hydrogen) atoms. The molecule has 0 unspecified atom stereocenters. The summed E-state index contributed by atoms with van der Waals surface area (Å²) in [5, 5.41) is 4.32. The van der Waals surface area contributed by atoms with Crippen molar-refractivity contribution in [2.45, 2.75) is 17.9 Å². The molecule has 3 nitrogen and oxygen atoms in total. The van der Waals surface area contributed by atoms with Gasteiger partial charge in [0.25, 0.3) is 0 Å². The van der Waals surface area contributed by atoms with Gasteiger partial charge in [-0.25, -0.2) is 9.97 Å². The van der Waals surface area contributed by atoms with Gasteiger partial charge in [-0.15, -0.1) is 11.8 Å². The lowest BCUT2D eigenvalue weighted by Crippen LogP contribution is -2.04. The van der Waals surface area contributed by atoms with E-state index in [1.807, 2.05) is 18.4 Å². The SMILES string of the molecule is CSc1cc(NCCCc2ccccc2)ncn1. The van der Waals surface area contributed by atoms with E-state index in [4.69, 9.17) is 0 Å². The maximum atomic E-state index is 4.20. The number of benzene rings is 1. The zero-order valence-corrected chi connectivity index (χ0v) is 11.3. The van der Waals surface area contributed by atoms with E-state index in [1.165, 1.54) is 5.56 Å². The predicted molar refractivity (Wildman–Crippen MR) is 77.1 cm³/mol. The van der Waals surface area contributed by atoms with Crippen LogP contribution >= 0.6 is 11.8 Å². The fraction of sp³-hybridized carbons (Fsp3) is 0.286. The minimum Gasteiger partial charge on any atom is -0.370 e. The van der Waals surface area contributed by atoms with Crippen LogP contribution in [0.5, 0.6) is 0 Å². The molecule has 94 valence electrons. The van der Waals surface area contributed by atoms with E-state index in [1.54, 1.807) is 18.1 Å². The summed E-state index contributed by atoms with van der Waals surface area (Å²) >= 11 is 1.63. The summed E-state index contributed by atoms with van der Waals surface area (Å²) in [5.74, 6) is 0.905. The van der Waals surface area contributed by atoms with Crippen LogP contribution in [0, 0.1) is 0 Å². The molecule has 0 aliphatic carbocycles. The van der Waals surface area contributed by atoms with E-state index < -0.39 is 0 Å². The van der Waals surface area contributed by atoms with Gasteiger partial charge in [0.2, 0.25) is 0 Å². The minimum atomic E-state index is 0.905. The van der Waals surface area contributed by atoms with E-state index in [2.05, 4.69) is 39.6 Å². The van der Waals surface area contributed by atoms with Crippen molar-refractivity contribution in [3.63, 3.8) is 0 Å². The molecule has 0 spiro atoms. The first-order valence-corrected chi connectivity index (χ1v) is 7.25. The van der Waals surface area contributed by atoms with Crippen molar-refractivity contribution in [1.82, 2.24) is 9.97 Å². The standard InChI is InChI=1S/C14H17N3S/c1-18-14-10-13(16-11-17-14)15-9-5-8-12-6-3-2-4-7-12/h2-4,6-7,10-11H,5,8-9H2,1H3,(H,15,16,17). The Labute approximate surface area is 112 Å². The van der Waals surface area contributed by atoms with Gasteiger partial charge in [-0.1, -0.05) is 30.3 Å². The lowest BCUT2D eigenvalue weighted by Gasteiger charge is -2.06. The van der Waals surface area contributed by atoms with E-state index in [0.29, 0.717) is 0 Å². The molecule has 0 saturated heterocycles. The topological polar surface area (TPSA) is 37.8 Å². The van der Waals surface area contributed by atoms with Crippen molar-refractivity contribution < 1.29 is 0 Å². The number of aromatic nitrogens is 2. The molecule has 0 aliphatic heterocycles. The number of rotatable bonds is 6. The average Bonchev–Trinajstić information content (AvgIpc) is 2.45. The number of hydrogen-bond donors (Lipinski definition) is 1. The van der Waals surface area contributed by atoms with Gasteiger partial charge in [-0.3, -0.25) is 0 Å². The maximum absolute atomic E-state index is 4.20. The summed E-state index contributed by atoms with van der Waals surface area (Å²) in [7, 11) is 0. The van der Waals surface area contributed by atoms with Gasteiger partial charge in [-0.05, 0) is 24.7 Å². The minimum absolute atomic E-state index is 0.905. The number of aryl methyl sites for hydroxylation is 1. The third-order valence-electron chi connectivity index (χ3n) is 2.64. The van der Waals surface area contributed by atoms with Crippen LogP contribution in [0.3, 0.4) is 0 Å². The van der Waals surface area contributed by atoms with Crippen LogP contribution in [-0.2, 0) is 6.42 Å². The van der Waals surface area contributed by atoms with Gasteiger partial charge in [0.1, 0.15) is 17.2 Å². The van der Waals surface area contributed by atoms with Crippen LogP contribution in [0.25, 0.3) is 0 Å². The molecule has 1 aromatic heterocycles. The number of anilines is 1. The van der Waals surface area contributed by atoms with Gasteiger partial charge in [0, 0.05) is 12.6 Å². The maximum Gasteiger partial charge on any atom is 0.130 e. The van der Waals surface area contributed by atoms with Crippen LogP contribution in [0.4, 0.5) is 5.82 Å². The van der Waals surface area contributed by atoms with Gasteiger partial charge < -0.3 is 5.32 Å². The van der Waals surface area contributed by atoms with Crippen molar-refractivity contribution in [3.05, 3.63) is 48.3 Å². The lowest BCUT2D eigenvalue weighted by molar-refractivity contribution is 0.855. The highest BCUT2D eigenvalue weighted by molar-refractivity contribution is 7.98. The van der Waals surface area contributed by atoms with Gasteiger partial charge in [-0.2, -0.15) is 0 Å². The Morgan fingerprint density at radius 2 is 2.00 bits per heavy atom. The summed E-state index contributed by atoms with van der Waals surface area (Å²) in [6, 6.07) is 12.5. The van der Waals surface area contributed by atoms with Crippen LogP contribution < -0.4 is 5.32 Å². The first-order chi connectivity index (χ1) is 8.88. The van der Waals surface area contributed by atoms with Crippen LogP contribution in [0.1, 0.15) is 12.0 Å². The zero-order chi connectivity index (χ0) is 12.6. The number of nitrogens with zero attached hydrogens (tertiary/aromatic N) is 2. The first-order valence-electron chi connectivity index (χ1n) is 6.02. The largest absolute Gasteiger partial charge is 0.370 e. The lowest BCUT2D eigenvalue weighted by atomic mass is 10.1. The summed E-state index contributed by atoms with van der Waals surface area (Å²) in [4.78, 5) is 8.34. The third kappa shape index (κ3) is 4.04. The Morgan fingerprint density at radius 3 is 2.78 bits per heavy atom. The quantitative estimate of drug-likeness (QED) is 0.491. The summed E-state index contributed by atoms with van der Waals surface area (Å²) < 4.78 is 0. The Balaban J connectivity index is 1.75. The summed E-state index contributed by atoms with van der Waals surface area (Å²) in [5.41, 5.74) is 1.38. The van der Waals surface area contributed by atoms with Crippen molar-refractivity contribution in [3.8, 4) is 0 Å². The highest BCUT2D eigenvalue weighted by atomic mass is 32.2. The molecule has 1 heterocycles. The molecule has 4 heteroatoms. The fourth-order valence-corrected chi connectivity index (χ4v) is 2.08. The summed E-state index contributed by atoms with van der Waals surface area (Å²) in [6.07, 6.45) is 5.81. The number of thioether (sulfide) groups is 1. The molecule has 2 rings (SSSR count). The van der Waals surface area contributed by atoms with Gasteiger partial charge in [0.05, 0.1) is 0 Å². The second kappa shape index (κ2) is 7.01. The van der Waals surface area contributed by atoms with E-state index in [0.717, 1.165) is 30.2 Å². The second-order valence-corrected chi connectivity index (χ2v) is 4.79. The van der Waals surface area contributed by atoms with E-state index in [-0.39, 0.29) is 0 Å². The molecule has 0 bridgehead atoms. The molecule has 0 fully saturated rings. The summed E-state index contributed by atoms with van der Waals surface area (Å²) in [6.45, 7) is 0.930. The van der Waals surface area contributed by atoms with Crippen molar-refractivity contribution in [2.24, 2.45) is 0 Å². The van der Waals surface area contributed by atoms with Gasteiger partial charge >= 0.3 is 0 Å². The van der Waals surface area contributed by atoms with Crippen LogP contribution in [-0.4, -0.2) is 22.8 Å². The number of hydrogen-bond acceptors (Lipinski definition) is 4. The first kappa shape index (κ1) is 12.9. The monoisotopic (exact) mass is 259 g/mol. The molecule has 0 radical (unpaired) electrons. The molecule has 0 aliphatic rings. The molecule has 1 aromatic carbocycles. The normalized spacial score (nSPS) is 10.3. The molecular formula is C14H17N3S.